The molecule has 1 heterocycles. The molecule has 0 fully saturated rings. The summed E-state index contributed by atoms with van der Waals surface area (Å²) < 4.78 is 26.9. The van der Waals surface area contributed by atoms with E-state index < -0.39 is 10.0 Å². The highest BCUT2D eigenvalue weighted by molar-refractivity contribution is 7.89. The molecule has 26 heavy (non-hydrogen) atoms. The van der Waals surface area contributed by atoms with E-state index in [4.69, 9.17) is 5.73 Å². The summed E-state index contributed by atoms with van der Waals surface area (Å²) >= 11 is 0. The van der Waals surface area contributed by atoms with Crippen LogP contribution in [0, 0.1) is 0 Å². The first kappa shape index (κ1) is 18.4. The van der Waals surface area contributed by atoms with Crippen LogP contribution in [-0.2, 0) is 27.7 Å². The van der Waals surface area contributed by atoms with Crippen molar-refractivity contribution in [2.24, 2.45) is 0 Å². The second-order valence-electron chi connectivity index (χ2n) is 6.29. The summed E-state index contributed by atoms with van der Waals surface area (Å²) in [4.78, 5) is 14.6. The molecule has 0 radical (unpaired) electrons. The fourth-order valence-corrected chi connectivity index (χ4v) is 4.26. The SMILES string of the molecule is CCNS(=O)(=O)c1ccc2c(c1)N(C(=O)CCc1ccccc1N)CC2. The van der Waals surface area contributed by atoms with Crippen molar-refractivity contribution in [2.75, 3.05) is 23.7 Å². The van der Waals surface area contributed by atoms with Crippen LogP contribution in [0.25, 0.3) is 0 Å². The number of nitrogen functional groups attached to an aromatic ring is 1. The van der Waals surface area contributed by atoms with Crippen molar-refractivity contribution in [3.8, 4) is 0 Å². The molecule has 1 amide bonds. The molecule has 3 rings (SSSR count). The van der Waals surface area contributed by atoms with Gasteiger partial charge in [0.15, 0.2) is 0 Å². The van der Waals surface area contributed by atoms with Crippen LogP contribution < -0.4 is 15.4 Å². The minimum absolute atomic E-state index is 0.0231. The lowest BCUT2D eigenvalue weighted by Gasteiger charge is -2.18. The zero-order valence-electron chi connectivity index (χ0n) is 14.7. The number of rotatable bonds is 6. The molecule has 6 nitrogen and oxygen atoms in total. The van der Waals surface area contributed by atoms with Gasteiger partial charge in [-0.15, -0.1) is 0 Å². The standard InChI is InChI=1S/C19H23N3O3S/c1-2-21-26(24,25)16-9-7-15-11-12-22(18(15)13-16)19(23)10-8-14-5-3-4-6-17(14)20/h3-7,9,13,21H,2,8,10-12,20H2,1H3. The Bertz CT molecular complexity index is 925. The number of fused-ring (bicyclic) bond motifs is 1. The molecule has 0 saturated heterocycles. The Labute approximate surface area is 154 Å². The molecule has 1 aliphatic heterocycles. The summed E-state index contributed by atoms with van der Waals surface area (Å²) in [5, 5.41) is 0. The first-order chi connectivity index (χ1) is 12.4. The molecule has 3 N–H and O–H groups in total. The van der Waals surface area contributed by atoms with Gasteiger partial charge in [0.25, 0.3) is 0 Å². The lowest BCUT2D eigenvalue weighted by atomic mass is 10.1. The molecule has 0 aliphatic carbocycles. The van der Waals surface area contributed by atoms with Crippen molar-refractivity contribution in [3.05, 3.63) is 53.6 Å². The lowest BCUT2D eigenvalue weighted by Crippen LogP contribution is -2.29. The number of amides is 1. The number of hydrogen-bond acceptors (Lipinski definition) is 4. The largest absolute Gasteiger partial charge is 0.399 e. The first-order valence-electron chi connectivity index (χ1n) is 8.68. The van der Waals surface area contributed by atoms with E-state index in [1.807, 2.05) is 24.3 Å². The van der Waals surface area contributed by atoms with Crippen molar-refractivity contribution in [2.45, 2.75) is 31.1 Å². The lowest BCUT2D eigenvalue weighted by molar-refractivity contribution is -0.118. The predicted octanol–water partition coefficient (Wildman–Crippen LogP) is 2.09. The summed E-state index contributed by atoms with van der Waals surface area (Å²) in [5.74, 6) is -0.0231. The van der Waals surface area contributed by atoms with Crippen LogP contribution in [0.15, 0.2) is 47.4 Å². The number of benzene rings is 2. The number of sulfonamides is 1. The van der Waals surface area contributed by atoms with Crippen molar-refractivity contribution in [1.29, 1.82) is 0 Å². The van der Waals surface area contributed by atoms with Gasteiger partial charge in [0.05, 0.1) is 4.90 Å². The summed E-state index contributed by atoms with van der Waals surface area (Å²) in [7, 11) is -3.55. The number of carbonyl (C=O) groups excluding carboxylic acids is 1. The van der Waals surface area contributed by atoms with E-state index in [0.717, 1.165) is 17.5 Å². The van der Waals surface area contributed by atoms with Crippen LogP contribution in [0.3, 0.4) is 0 Å². The van der Waals surface area contributed by atoms with Gasteiger partial charge in [0.2, 0.25) is 15.9 Å². The molecule has 1 aliphatic rings. The maximum absolute atomic E-state index is 12.7. The Balaban J connectivity index is 1.78. The van der Waals surface area contributed by atoms with Crippen molar-refractivity contribution in [1.82, 2.24) is 4.72 Å². The molecule has 2 aromatic rings. The number of carbonyl (C=O) groups is 1. The molecule has 0 unspecified atom stereocenters. The van der Waals surface area contributed by atoms with Crippen LogP contribution in [0.5, 0.6) is 0 Å². The molecule has 0 aromatic heterocycles. The van der Waals surface area contributed by atoms with Gasteiger partial charge < -0.3 is 10.6 Å². The number of para-hydroxylation sites is 1. The number of anilines is 2. The third kappa shape index (κ3) is 3.73. The van der Waals surface area contributed by atoms with Gasteiger partial charge in [-0.2, -0.15) is 0 Å². The van der Waals surface area contributed by atoms with Gasteiger partial charge in [0, 0.05) is 30.9 Å². The number of hydrogen-bond donors (Lipinski definition) is 2. The van der Waals surface area contributed by atoms with E-state index in [-0.39, 0.29) is 10.8 Å². The van der Waals surface area contributed by atoms with E-state index in [0.29, 0.717) is 37.3 Å². The third-order valence-corrected chi connectivity index (χ3v) is 6.10. The second kappa shape index (κ2) is 7.47. The predicted molar refractivity (Wildman–Crippen MR) is 103 cm³/mol. The number of nitrogens with zero attached hydrogens (tertiary/aromatic N) is 1. The van der Waals surface area contributed by atoms with Crippen LogP contribution >= 0.6 is 0 Å². The van der Waals surface area contributed by atoms with Crippen LogP contribution in [0.2, 0.25) is 0 Å². The average molecular weight is 373 g/mol. The van der Waals surface area contributed by atoms with Gasteiger partial charge in [-0.3, -0.25) is 4.79 Å². The smallest absolute Gasteiger partial charge is 0.240 e. The average Bonchev–Trinajstić information content (AvgIpc) is 3.04. The summed E-state index contributed by atoms with van der Waals surface area (Å²) in [6, 6.07) is 12.5. The minimum Gasteiger partial charge on any atom is -0.399 e. The first-order valence-corrected chi connectivity index (χ1v) is 10.2. The van der Waals surface area contributed by atoms with Gasteiger partial charge in [-0.25, -0.2) is 13.1 Å². The molecule has 0 bridgehead atoms. The molecule has 0 saturated carbocycles. The van der Waals surface area contributed by atoms with E-state index in [9.17, 15) is 13.2 Å². The van der Waals surface area contributed by atoms with E-state index >= 15 is 0 Å². The van der Waals surface area contributed by atoms with E-state index in [2.05, 4.69) is 4.72 Å². The topological polar surface area (TPSA) is 92.5 Å². The van der Waals surface area contributed by atoms with Crippen LogP contribution in [-0.4, -0.2) is 27.4 Å². The van der Waals surface area contributed by atoms with Crippen LogP contribution in [0.4, 0.5) is 11.4 Å². The summed E-state index contributed by atoms with van der Waals surface area (Å²) in [6.07, 6.45) is 1.63. The van der Waals surface area contributed by atoms with E-state index in [1.165, 1.54) is 0 Å². The minimum atomic E-state index is -3.55. The van der Waals surface area contributed by atoms with Crippen molar-refractivity contribution >= 4 is 27.3 Å². The highest BCUT2D eigenvalue weighted by Gasteiger charge is 2.26. The maximum Gasteiger partial charge on any atom is 0.240 e. The normalized spacial score (nSPS) is 13.7. The zero-order valence-corrected chi connectivity index (χ0v) is 15.6. The fourth-order valence-electron chi connectivity index (χ4n) is 3.20. The van der Waals surface area contributed by atoms with Crippen molar-refractivity contribution < 1.29 is 13.2 Å². The molecule has 2 aromatic carbocycles. The van der Waals surface area contributed by atoms with Crippen molar-refractivity contribution in [3.63, 3.8) is 0 Å². The highest BCUT2D eigenvalue weighted by Crippen LogP contribution is 2.31. The van der Waals surface area contributed by atoms with Gasteiger partial charge >= 0.3 is 0 Å². The zero-order chi connectivity index (χ0) is 18.7. The quantitative estimate of drug-likeness (QED) is 0.759. The number of nitrogens with two attached hydrogens (primary N) is 1. The number of nitrogens with one attached hydrogen (secondary N) is 1. The molecule has 0 atom stereocenters. The van der Waals surface area contributed by atoms with E-state index in [1.54, 1.807) is 30.0 Å². The van der Waals surface area contributed by atoms with Crippen LogP contribution in [0.1, 0.15) is 24.5 Å². The van der Waals surface area contributed by atoms with Gasteiger partial charge in [-0.05, 0) is 42.2 Å². The van der Waals surface area contributed by atoms with Gasteiger partial charge in [0.1, 0.15) is 0 Å². The molecular weight excluding hydrogens is 350 g/mol. The third-order valence-electron chi connectivity index (χ3n) is 4.56. The molecule has 138 valence electrons. The molecule has 0 spiro atoms. The summed E-state index contributed by atoms with van der Waals surface area (Å²) in [5.41, 5.74) is 9.25. The second-order valence-corrected chi connectivity index (χ2v) is 8.05. The highest BCUT2D eigenvalue weighted by atomic mass is 32.2. The molecular formula is C19H23N3O3S. The maximum atomic E-state index is 12.7. The summed E-state index contributed by atoms with van der Waals surface area (Å²) in [6.45, 7) is 2.62. The monoisotopic (exact) mass is 373 g/mol. The Kier molecular flexibility index (Phi) is 5.29. The number of aryl methyl sites for hydroxylation is 1. The van der Waals surface area contributed by atoms with Gasteiger partial charge in [-0.1, -0.05) is 31.2 Å². The fraction of sp³-hybridized carbons (Fsp3) is 0.316. The Hall–Kier alpha value is -2.38. The molecule has 7 heteroatoms. The Morgan fingerprint density at radius 2 is 2.00 bits per heavy atom. The Morgan fingerprint density at radius 1 is 1.23 bits per heavy atom. The Morgan fingerprint density at radius 3 is 2.73 bits per heavy atom.